The van der Waals surface area contributed by atoms with Gasteiger partial charge in [-0.1, -0.05) is 30.3 Å². The number of hydrogen-bond acceptors (Lipinski definition) is 3. The third-order valence-electron chi connectivity index (χ3n) is 2.42. The Kier molecular flexibility index (Phi) is 2.74. The summed E-state index contributed by atoms with van der Waals surface area (Å²) in [6.07, 6.45) is 1.46. The van der Waals surface area contributed by atoms with Crippen LogP contribution in [-0.4, -0.2) is 29.8 Å². The van der Waals surface area contributed by atoms with E-state index < -0.39 is 17.8 Å². The van der Waals surface area contributed by atoms with Gasteiger partial charge in [-0.3, -0.25) is 19.8 Å². The van der Waals surface area contributed by atoms with Crippen LogP contribution in [0.5, 0.6) is 0 Å². The highest BCUT2D eigenvalue weighted by Gasteiger charge is 2.32. The second-order valence-corrected chi connectivity index (χ2v) is 3.59. The number of urea groups is 1. The molecule has 1 fully saturated rings. The largest absolute Gasteiger partial charge is 0.331 e. The summed E-state index contributed by atoms with van der Waals surface area (Å²) < 4.78 is 0. The maximum atomic E-state index is 11.7. The molecular formula is C12H10N2O3. The number of imide groups is 2. The van der Waals surface area contributed by atoms with Crippen LogP contribution >= 0.6 is 0 Å². The summed E-state index contributed by atoms with van der Waals surface area (Å²) in [4.78, 5) is 35.3. The zero-order chi connectivity index (χ0) is 12.4. The highest BCUT2D eigenvalue weighted by Crippen LogP contribution is 2.12. The molecule has 2 rings (SSSR count). The molecular weight excluding hydrogens is 220 g/mol. The minimum absolute atomic E-state index is 0.0432. The quantitative estimate of drug-likeness (QED) is 0.572. The molecule has 0 bridgehead atoms. The van der Waals surface area contributed by atoms with Gasteiger partial charge in [0.15, 0.2) is 0 Å². The second kappa shape index (κ2) is 4.21. The van der Waals surface area contributed by atoms with Gasteiger partial charge in [-0.2, -0.15) is 0 Å². The number of hydrogen-bond donors (Lipinski definition) is 1. The van der Waals surface area contributed by atoms with E-state index in [0.29, 0.717) is 0 Å². The van der Waals surface area contributed by atoms with Crippen LogP contribution in [0.15, 0.2) is 35.9 Å². The van der Waals surface area contributed by atoms with Gasteiger partial charge in [0.1, 0.15) is 5.57 Å². The Morgan fingerprint density at radius 3 is 2.41 bits per heavy atom. The van der Waals surface area contributed by atoms with Crippen molar-refractivity contribution in [2.24, 2.45) is 0 Å². The van der Waals surface area contributed by atoms with Crippen LogP contribution in [0, 0.1) is 0 Å². The fraction of sp³-hybridized carbons (Fsp3) is 0.0833. The van der Waals surface area contributed by atoms with Gasteiger partial charge in [0, 0.05) is 7.05 Å². The summed E-state index contributed by atoms with van der Waals surface area (Å²) in [6.45, 7) is 0. The molecule has 1 N–H and O–H groups in total. The van der Waals surface area contributed by atoms with Crippen molar-refractivity contribution in [3.05, 3.63) is 41.5 Å². The Hall–Kier alpha value is -2.43. The van der Waals surface area contributed by atoms with Crippen LogP contribution in [0.3, 0.4) is 0 Å². The van der Waals surface area contributed by atoms with Gasteiger partial charge >= 0.3 is 6.03 Å². The summed E-state index contributed by atoms with van der Waals surface area (Å²) in [5.74, 6) is -1.26. The van der Waals surface area contributed by atoms with Gasteiger partial charge in [-0.05, 0) is 11.6 Å². The minimum atomic E-state index is -0.704. The van der Waals surface area contributed by atoms with Crippen LogP contribution in [0.25, 0.3) is 6.08 Å². The van der Waals surface area contributed by atoms with Crippen molar-refractivity contribution in [3.8, 4) is 0 Å². The maximum absolute atomic E-state index is 11.7. The summed E-state index contributed by atoms with van der Waals surface area (Å²) in [6, 6.07) is 8.26. The first-order valence-corrected chi connectivity index (χ1v) is 4.99. The lowest BCUT2D eigenvalue weighted by molar-refractivity contribution is -0.129. The van der Waals surface area contributed by atoms with Gasteiger partial charge in [-0.25, -0.2) is 4.79 Å². The molecule has 0 aliphatic carbocycles. The van der Waals surface area contributed by atoms with Gasteiger partial charge in [0.05, 0.1) is 0 Å². The maximum Gasteiger partial charge on any atom is 0.331 e. The number of benzene rings is 1. The Morgan fingerprint density at radius 1 is 1.12 bits per heavy atom. The molecule has 0 spiro atoms. The number of nitrogens with zero attached hydrogens (tertiary/aromatic N) is 1. The molecule has 17 heavy (non-hydrogen) atoms. The standard InChI is InChI=1S/C12H10N2O3/c1-14-11(16)9(10(15)13-12(14)17)7-8-5-3-2-4-6-8/h2-7H,1H3,(H,13,15,17)/b9-7-. The van der Waals surface area contributed by atoms with Crippen LogP contribution in [0.2, 0.25) is 0 Å². The molecule has 0 unspecified atom stereocenters. The zero-order valence-corrected chi connectivity index (χ0v) is 9.14. The predicted molar refractivity (Wildman–Crippen MR) is 60.7 cm³/mol. The summed E-state index contributed by atoms with van der Waals surface area (Å²) in [7, 11) is 1.32. The molecule has 1 aliphatic rings. The third kappa shape index (κ3) is 2.08. The van der Waals surface area contributed by atoms with E-state index >= 15 is 0 Å². The molecule has 1 heterocycles. The monoisotopic (exact) mass is 230 g/mol. The molecule has 1 aromatic carbocycles. The molecule has 0 atom stereocenters. The normalized spacial score (nSPS) is 18.5. The number of amides is 4. The van der Waals surface area contributed by atoms with Crippen molar-refractivity contribution in [3.63, 3.8) is 0 Å². The first kappa shape index (κ1) is 11.1. The number of likely N-dealkylation sites (N-methyl/N-ethyl adjacent to an activating group) is 1. The molecule has 1 aliphatic heterocycles. The fourth-order valence-corrected chi connectivity index (χ4v) is 1.46. The summed E-state index contributed by atoms with van der Waals surface area (Å²) >= 11 is 0. The molecule has 4 amide bonds. The van der Waals surface area contributed by atoms with Gasteiger partial charge in [0.25, 0.3) is 11.8 Å². The Labute approximate surface area is 97.7 Å². The van der Waals surface area contributed by atoms with Gasteiger partial charge in [-0.15, -0.1) is 0 Å². The second-order valence-electron chi connectivity index (χ2n) is 3.59. The van der Waals surface area contributed by atoms with E-state index in [1.807, 2.05) is 6.07 Å². The number of rotatable bonds is 1. The molecule has 1 aromatic rings. The van der Waals surface area contributed by atoms with Gasteiger partial charge in [0.2, 0.25) is 0 Å². The van der Waals surface area contributed by atoms with E-state index in [1.165, 1.54) is 13.1 Å². The van der Waals surface area contributed by atoms with Crippen molar-refractivity contribution in [2.75, 3.05) is 7.05 Å². The summed E-state index contributed by atoms with van der Waals surface area (Å²) in [5, 5.41) is 2.09. The molecule has 0 radical (unpaired) electrons. The average molecular weight is 230 g/mol. The minimum Gasteiger partial charge on any atom is -0.273 e. The van der Waals surface area contributed by atoms with Crippen molar-refractivity contribution < 1.29 is 14.4 Å². The van der Waals surface area contributed by atoms with Crippen LogP contribution in [-0.2, 0) is 9.59 Å². The average Bonchev–Trinajstić information content (AvgIpc) is 2.33. The van der Waals surface area contributed by atoms with Crippen LogP contribution in [0.4, 0.5) is 4.79 Å². The SMILES string of the molecule is CN1C(=O)NC(=O)/C(=C/c2ccccc2)C1=O. The third-order valence-corrected chi connectivity index (χ3v) is 2.42. The first-order chi connectivity index (χ1) is 8.09. The highest BCUT2D eigenvalue weighted by molar-refractivity contribution is 6.30. The zero-order valence-electron chi connectivity index (χ0n) is 9.14. The van der Waals surface area contributed by atoms with Crippen LogP contribution in [0.1, 0.15) is 5.56 Å². The predicted octanol–water partition coefficient (Wildman–Crippen LogP) is 0.778. The van der Waals surface area contributed by atoms with E-state index in [4.69, 9.17) is 0 Å². The first-order valence-electron chi connectivity index (χ1n) is 4.99. The Bertz CT molecular complexity index is 520. The van der Waals surface area contributed by atoms with Crippen molar-refractivity contribution >= 4 is 23.9 Å². The smallest absolute Gasteiger partial charge is 0.273 e. The highest BCUT2D eigenvalue weighted by atomic mass is 16.2. The molecule has 1 saturated heterocycles. The Balaban J connectivity index is 2.38. The fourth-order valence-electron chi connectivity index (χ4n) is 1.46. The van der Waals surface area contributed by atoms with E-state index in [1.54, 1.807) is 24.3 Å². The summed E-state index contributed by atoms with van der Waals surface area (Å²) in [5.41, 5.74) is 0.687. The number of barbiturate groups is 1. The topological polar surface area (TPSA) is 66.5 Å². The molecule has 0 aromatic heterocycles. The van der Waals surface area contributed by atoms with Crippen molar-refractivity contribution in [1.82, 2.24) is 10.2 Å². The number of carbonyl (C=O) groups excluding carboxylic acids is 3. The van der Waals surface area contributed by atoms with Gasteiger partial charge < -0.3 is 0 Å². The van der Waals surface area contributed by atoms with E-state index in [-0.39, 0.29) is 5.57 Å². The lowest BCUT2D eigenvalue weighted by atomic mass is 10.1. The molecule has 5 nitrogen and oxygen atoms in total. The Morgan fingerprint density at radius 2 is 1.76 bits per heavy atom. The molecule has 5 heteroatoms. The number of carbonyl (C=O) groups is 3. The van der Waals surface area contributed by atoms with Crippen LogP contribution < -0.4 is 5.32 Å². The number of nitrogens with one attached hydrogen (secondary N) is 1. The molecule has 86 valence electrons. The van der Waals surface area contributed by atoms with Crippen molar-refractivity contribution in [2.45, 2.75) is 0 Å². The lowest BCUT2D eigenvalue weighted by Crippen LogP contribution is -2.52. The molecule has 0 saturated carbocycles. The van der Waals surface area contributed by atoms with E-state index in [9.17, 15) is 14.4 Å². The lowest BCUT2D eigenvalue weighted by Gasteiger charge is -2.22. The van der Waals surface area contributed by atoms with E-state index in [2.05, 4.69) is 5.32 Å². The van der Waals surface area contributed by atoms with Crippen molar-refractivity contribution in [1.29, 1.82) is 0 Å². The van der Waals surface area contributed by atoms with E-state index in [0.717, 1.165) is 10.5 Å².